The predicted molar refractivity (Wildman–Crippen MR) is 46.4 cm³/mol. The van der Waals surface area contributed by atoms with Crippen LogP contribution in [-0.2, 0) is 0 Å². The fraction of sp³-hybridized carbons (Fsp3) is 0.500. The van der Waals surface area contributed by atoms with Crippen molar-refractivity contribution in [1.82, 2.24) is 5.32 Å². The highest BCUT2D eigenvalue weighted by atomic mass is 19.4. The predicted octanol–water partition coefficient (Wildman–Crippen LogP) is 1.83. The average Bonchev–Trinajstić information content (AvgIpc) is 2.15. The second-order valence-electron chi connectivity index (χ2n) is 3.06. The van der Waals surface area contributed by atoms with Crippen LogP contribution in [0.15, 0.2) is 23.5 Å². The molecule has 0 bridgehead atoms. The Balaban J connectivity index is 2.99. The van der Waals surface area contributed by atoms with Gasteiger partial charge in [-0.2, -0.15) is 13.2 Å². The summed E-state index contributed by atoms with van der Waals surface area (Å²) < 4.78 is 36.9. The van der Waals surface area contributed by atoms with E-state index in [0.717, 1.165) is 0 Å². The Hall–Kier alpha value is -1.53. The molecule has 1 aliphatic rings. The highest BCUT2D eigenvalue weighted by Gasteiger charge is 2.41. The topological polar surface area (TPSA) is 55.2 Å². The van der Waals surface area contributed by atoms with Gasteiger partial charge >= 0.3 is 6.18 Å². The van der Waals surface area contributed by atoms with Crippen molar-refractivity contribution in [2.75, 3.05) is 7.05 Å². The molecule has 0 saturated heterocycles. The second kappa shape index (κ2) is 3.92. The summed E-state index contributed by atoms with van der Waals surface area (Å²) in [5.41, 5.74) is -0.397. The summed E-state index contributed by atoms with van der Waals surface area (Å²) in [7, 11) is 1.43. The summed E-state index contributed by atoms with van der Waals surface area (Å²) in [6.07, 6.45) is -2.86. The lowest BCUT2D eigenvalue weighted by molar-refractivity contribution is -0.422. The Morgan fingerprint density at radius 1 is 1.60 bits per heavy atom. The molecule has 1 unspecified atom stereocenters. The van der Waals surface area contributed by atoms with E-state index in [-0.39, 0.29) is 12.1 Å². The molecule has 0 spiro atoms. The lowest BCUT2D eigenvalue weighted by atomic mass is 9.97. The van der Waals surface area contributed by atoms with Gasteiger partial charge in [0.1, 0.15) is 5.70 Å². The van der Waals surface area contributed by atoms with Gasteiger partial charge in [0.2, 0.25) is 0 Å². The molecule has 15 heavy (non-hydrogen) atoms. The Morgan fingerprint density at radius 2 is 2.20 bits per heavy atom. The molecule has 0 fully saturated rings. The van der Waals surface area contributed by atoms with E-state index in [0.29, 0.717) is 6.08 Å². The van der Waals surface area contributed by atoms with E-state index in [1.165, 1.54) is 13.1 Å². The molecule has 1 N–H and O–H groups in total. The third kappa shape index (κ3) is 2.48. The van der Waals surface area contributed by atoms with Crippen molar-refractivity contribution in [3.63, 3.8) is 0 Å². The molecule has 0 saturated carbocycles. The molecule has 0 radical (unpaired) electrons. The zero-order chi connectivity index (χ0) is 11.6. The van der Waals surface area contributed by atoms with Gasteiger partial charge in [-0.3, -0.25) is 10.1 Å². The minimum atomic E-state index is -4.43. The Kier molecular flexibility index (Phi) is 3.01. The fourth-order valence-electron chi connectivity index (χ4n) is 1.32. The lowest BCUT2D eigenvalue weighted by Crippen LogP contribution is -2.26. The van der Waals surface area contributed by atoms with Gasteiger partial charge in [0.15, 0.2) is 0 Å². The fourth-order valence-corrected chi connectivity index (χ4v) is 1.32. The van der Waals surface area contributed by atoms with Gasteiger partial charge in [-0.15, -0.1) is 0 Å². The normalized spacial score (nSPS) is 21.7. The molecule has 0 amide bonds. The number of rotatable bonds is 2. The first-order chi connectivity index (χ1) is 6.86. The van der Waals surface area contributed by atoms with Gasteiger partial charge in [-0.1, -0.05) is 6.08 Å². The highest BCUT2D eigenvalue weighted by molar-refractivity contribution is 5.28. The smallest absolute Gasteiger partial charge is 0.383 e. The van der Waals surface area contributed by atoms with E-state index in [2.05, 4.69) is 5.32 Å². The molecular formula is C8H9F3N2O2. The van der Waals surface area contributed by atoms with E-state index >= 15 is 0 Å². The number of alkyl halides is 3. The van der Waals surface area contributed by atoms with Crippen molar-refractivity contribution in [2.24, 2.45) is 5.92 Å². The molecule has 7 heteroatoms. The molecular weight excluding hydrogens is 213 g/mol. The summed E-state index contributed by atoms with van der Waals surface area (Å²) in [6.45, 7) is 0. The average molecular weight is 222 g/mol. The molecule has 1 rings (SSSR count). The largest absolute Gasteiger partial charge is 0.395 e. The Morgan fingerprint density at radius 3 is 2.60 bits per heavy atom. The van der Waals surface area contributed by atoms with Gasteiger partial charge < -0.3 is 5.32 Å². The zero-order valence-corrected chi connectivity index (χ0v) is 7.84. The molecule has 1 aliphatic carbocycles. The third-order valence-electron chi connectivity index (χ3n) is 2.10. The first-order valence-electron chi connectivity index (χ1n) is 4.17. The van der Waals surface area contributed by atoms with Crippen LogP contribution in [0.25, 0.3) is 0 Å². The van der Waals surface area contributed by atoms with E-state index in [1.807, 2.05) is 0 Å². The second-order valence-corrected chi connectivity index (χ2v) is 3.06. The molecule has 0 aromatic heterocycles. The monoisotopic (exact) mass is 222 g/mol. The van der Waals surface area contributed by atoms with Crippen LogP contribution in [0.3, 0.4) is 0 Å². The maximum Gasteiger partial charge on any atom is 0.395 e. The van der Waals surface area contributed by atoms with Crippen LogP contribution in [0, 0.1) is 16.0 Å². The molecule has 0 heterocycles. The van der Waals surface area contributed by atoms with Gasteiger partial charge in [-0.25, -0.2) is 0 Å². The van der Waals surface area contributed by atoms with Gasteiger partial charge in [-0.05, 0) is 6.42 Å². The van der Waals surface area contributed by atoms with Crippen molar-refractivity contribution in [1.29, 1.82) is 0 Å². The molecule has 1 atom stereocenters. The molecule has 84 valence electrons. The van der Waals surface area contributed by atoms with Crippen molar-refractivity contribution in [2.45, 2.75) is 12.6 Å². The lowest BCUT2D eigenvalue weighted by Gasteiger charge is -2.19. The van der Waals surface area contributed by atoms with E-state index in [4.69, 9.17) is 0 Å². The van der Waals surface area contributed by atoms with Crippen molar-refractivity contribution in [3.05, 3.63) is 33.7 Å². The van der Waals surface area contributed by atoms with Crippen LogP contribution >= 0.6 is 0 Å². The number of hydrogen-bond donors (Lipinski definition) is 1. The number of nitro groups is 1. The van der Waals surface area contributed by atoms with Crippen LogP contribution in [0.2, 0.25) is 0 Å². The molecule has 0 aliphatic heterocycles. The quantitative estimate of drug-likeness (QED) is 0.572. The van der Waals surface area contributed by atoms with Gasteiger partial charge in [0, 0.05) is 13.1 Å². The van der Waals surface area contributed by atoms with Crippen molar-refractivity contribution >= 4 is 0 Å². The zero-order valence-electron chi connectivity index (χ0n) is 7.84. The third-order valence-corrected chi connectivity index (χ3v) is 2.10. The molecule has 4 nitrogen and oxygen atoms in total. The first-order valence-corrected chi connectivity index (χ1v) is 4.17. The maximum absolute atomic E-state index is 12.3. The van der Waals surface area contributed by atoms with E-state index < -0.39 is 22.7 Å². The summed E-state index contributed by atoms with van der Waals surface area (Å²) >= 11 is 0. The van der Waals surface area contributed by atoms with Gasteiger partial charge in [0.05, 0.1) is 10.8 Å². The minimum absolute atomic E-state index is 0.125. The van der Waals surface area contributed by atoms with E-state index in [1.54, 1.807) is 0 Å². The maximum atomic E-state index is 12.3. The highest BCUT2D eigenvalue weighted by Crippen LogP contribution is 2.34. The summed E-state index contributed by atoms with van der Waals surface area (Å²) in [5.74, 6) is -1.77. The van der Waals surface area contributed by atoms with Crippen molar-refractivity contribution in [3.8, 4) is 0 Å². The number of halogens is 3. The minimum Gasteiger partial charge on any atom is -0.383 e. The van der Waals surface area contributed by atoms with Crippen molar-refractivity contribution < 1.29 is 18.1 Å². The number of nitrogens with one attached hydrogen (secondary N) is 1. The van der Waals surface area contributed by atoms with Crippen LogP contribution < -0.4 is 5.32 Å². The van der Waals surface area contributed by atoms with Gasteiger partial charge in [0.25, 0.3) is 5.70 Å². The van der Waals surface area contributed by atoms with Crippen LogP contribution in [0.4, 0.5) is 13.2 Å². The number of likely N-dealkylation sites (N-methyl/N-ethyl adjacent to an activating group) is 1. The Bertz CT molecular complexity index is 333. The SMILES string of the molecule is CNC1=CCC(C(F)(F)F)C=C1[N+](=O)[O-]. The van der Waals surface area contributed by atoms with Crippen LogP contribution in [0.5, 0.6) is 0 Å². The van der Waals surface area contributed by atoms with E-state index in [9.17, 15) is 23.3 Å². The number of nitrogens with zero attached hydrogens (tertiary/aromatic N) is 1. The summed E-state index contributed by atoms with van der Waals surface area (Å²) in [4.78, 5) is 9.67. The van der Waals surface area contributed by atoms with Crippen LogP contribution in [-0.4, -0.2) is 18.1 Å². The Labute approximate surface area is 83.6 Å². The number of allylic oxidation sites excluding steroid dienone is 2. The summed E-state index contributed by atoms with van der Waals surface area (Å²) in [6, 6.07) is 0. The first kappa shape index (κ1) is 11.5. The number of hydrogen-bond acceptors (Lipinski definition) is 3. The standard InChI is InChI=1S/C8H9F3N2O2/c1-12-6-3-2-5(8(9,10)11)4-7(6)13(14)15/h3-5,12H,2H2,1H3. The van der Waals surface area contributed by atoms with Crippen LogP contribution in [0.1, 0.15) is 6.42 Å². The molecule has 0 aromatic carbocycles. The molecule has 0 aromatic rings. The summed E-state index contributed by atoms with van der Waals surface area (Å²) in [5, 5.41) is 13.0.